The maximum atomic E-state index is 12.2. The molecule has 1 amide bonds. The number of anilines is 1. The summed E-state index contributed by atoms with van der Waals surface area (Å²) >= 11 is 0. The van der Waals surface area contributed by atoms with Crippen molar-refractivity contribution in [3.63, 3.8) is 0 Å². The SMILES string of the molecule is COc1ccc(CNC(=O)c2cncc(NCC(C)C)c2)cc1. The van der Waals surface area contributed by atoms with E-state index in [2.05, 4.69) is 29.5 Å². The predicted octanol–water partition coefficient (Wildman–Crippen LogP) is 3.09. The number of amides is 1. The Bertz CT molecular complexity index is 639. The second-order valence-corrected chi connectivity index (χ2v) is 5.77. The standard InChI is InChI=1S/C18H23N3O2/c1-13(2)9-20-16-8-15(11-19-12-16)18(22)21-10-14-4-6-17(23-3)7-5-14/h4-8,11-13,20H,9-10H2,1-3H3,(H,21,22). The van der Waals surface area contributed by atoms with E-state index in [4.69, 9.17) is 4.74 Å². The van der Waals surface area contributed by atoms with Crippen molar-refractivity contribution in [3.05, 3.63) is 53.9 Å². The number of benzene rings is 1. The first-order valence-electron chi connectivity index (χ1n) is 7.68. The van der Waals surface area contributed by atoms with Crippen molar-refractivity contribution in [2.75, 3.05) is 19.0 Å². The van der Waals surface area contributed by atoms with Crippen LogP contribution in [0.15, 0.2) is 42.7 Å². The number of hydrogen-bond donors (Lipinski definition) is 2. The molecule has 23 heavy (non-hydrogen) atoms. The Morgan fingerprint density at radius 3 is 2.61 bits per heavy atom. The Morgan fingerprint density at radius 1 is 1.22 bits per heavy atom. The Labute approximate surface area is 137 Å². The summed E-state index contributed by atoms with van der Waals surface area (Å²) in [5.41, 5.74) is 2.42. The van der Waals surface area contributed by atoms with E-state index in [1.54, 1.807) is 19.5 Å². The van der Waals surface area contributed by atoms with Gasteiger partial charge in [-0.3, -0.25) is 9.78 Å². The predicted molar refractivity (Wildman–Crippen MR) is 91.7 cm³/mol. The van der Waals surface area contributed by atoms with E-state index in [9.17, 15) is 4.79 Å². The number of nitrogens with zero attached hydrogens (tertiary/aromatic N) is 1. The van der Waals surface area contributed by atoms with Gasteiger partial charge >= 0.3 is 0 Å². The van der Waals surface area contributed by atoms with Gasteiger partial charge in [0.2, 0.25) is 0 Å². The fraction of sp³-hybridized carbons (Fsp3) is 0.333. The number of carbonyl (C=O) groups is 1. The normalized spacial score (nSPS) is 10.4. The molecule has 0 aliphatic heterocycles. The van der Waals surface area contributed by atoms with Crippen molar-refractivity contribution < 1.29 is 9.53 Å². The van der Waals surface area contributed by atoms with Gasteiger partial charge in [-0.05, 0) is 29.7 Å². The molecule has 2 aromatic rings. The smallest absolute Gasteiger partial charge is 0.253 e. The molecule has 0 unspecified atom stereocenters. The molecule has 0 aliphatic carbocycles. The molecule has 2 N–H and O–H groups in total. The summed E-state index contributed by atoms with van der Waals surface area (Å²) in [7, 11) is 1.63. The highest BCUT2D eigenvalue weighted by atomic mass is 16.5. The Kier molecular flexibility index (Phi) is 5.97. The fourth-order valence-corrected chi connectivity index (χ4v) is 2.01. The van der Waals surface area contributed by atoms with E-state index in [0.717, 1.165) is 23.5 Å². The monoisotopic (exact) mass is 313 g/mol. The number of aromatic nitrogens is 1. The lowest BCUT2D eigenvalue weighted by Gasteiger charge is -2.10. The van der Waals surface area contributed by atoms with Crippen LogP contribution < -0.4 is 15.4 Å². The van der Waals surface area contributed by atoms with Gasteiger partial charge in [-0.25, -0.2) is 0 Å². The van der Waals surface area contributed by atoms with E-state index >= 15 is 0 Å². The molecule has 1 aromatic carbocycles. The third kappa shape index (κ3) is 5.29. The molecule has 5 nitrogen and oxygen atoms in total. The molecule has 1 aromatic heterocycles. The van der Waals surface area contributed by atoms with Crippen LogP contribution in [-0.2, 0) is 6.54 Å². The Balaban J connectivity index is 1.93. The number of nitrogens with one attached hydrogen (secondary N) is 2. The quantitative estimate of drug-likeness (QED) is 0.824. The molecule has 5 heteroatoms. The minimum Gasteiger partial charge on any atom is -0.497 e. The minimum absolute atomic E-state index is 0.137. The summed E-state index contributed by atoms with van der Waals surface area (Å²) in [5.74, 6) is 1.19. The number of methoxy groups -OCH3 is 1. The number of hydrogen-bond acceptors (Lipinski definition) is 4. The molecule has 0 fully saturated rings. The first-order valence-corrected chi connectivity index (χ1v) is 7.68. The van der Waals surface area contributed by atoms with Gasteiger partial charge in [0.05, 0.1) is 18.4 Å². The summed E-state index contributed by atoms with van der Waals surface area (Å²) in [6, 6.07) is 9.42. The molecule has 0 bridgehead atoms. The lowest BCUT2D eigenvalue weighted by atomic mass is 10.2. The van der Waals surface area contributed by atoms with Crippen LogP contribution in [0.3, 0.4) is 0 Å². The van der Waals surface area contributed by atoms with Crippen LogP contribution in [0, 0.1) is 5.92 Å². The molecule has 0 atom stereocenters. The van der Waals surface area contributed by atoms with Crippen LogP contribution in [0.5, 0.6) is 5.75 Å². The minimum atomic E-state index is -0.137. The van der Waals surface area contributed by atoms with Crippen LogP contribution >= 0.6 is 0 Å². The molecule has 0 aliphatic rings. The topological polar surface area (TPSA) is 63.2 Å². The van der Waals surface area contributed by atoms with Crippen molar-refractivity contribution in [3.8, 4) is 5.75 Å². The average molecular weight is 313 g/mol. The van der Waals surface area contributed by atoms with E-state index in [0.29, 0.717) is 18.0 Å². The summed E-state index contributed by atoms with van der Waals surface area (Å²) in [4.78, 5) is 16.3. The van der Waals surface area contributed by atoms with Crippen LogP contribution in [0.2, 0.25) is 0 Å². The van der Waals surface area contributed by atoms with Crippen molar-refractivity contribution in [2.45, 2.75) is 20.4 Å². The van der Waals surface area contributed by atoms with Gasteiger partial charge in [-0.15, -0.1) is 0 Å². The second-order valence-electron chi connectivity index (χ2n) is 5.77. The number of rotatable bonds is 7. The number of carbonyl (C=O) groups excluding carboxylic acids is 1. The molecular formula is C18H23N3O2. The average Bonchev–Trinajstić information content (AvgIpc) is 2.58. The van der Waals surface area contributed by atoms with Gasteiger partial charge in [-0.1, -0.05) is 26.0 Å². The van der Waals surface area contributed by atoms with Gasteiger partial charge in [0.15, 0.2) is 0 Å². The summed E-state index contributed by atoms with van der Waals surface area (Å²) < 4.78 is 5.11. The summed E-state index contributed by atoms with van der Waals surface area (Å²) in [6.07, 6.45) is 3.30. The lowest BCUT2D eigenvalue weighted by molar-refractivity contribution is 0.0950. The summed E-state index contributed by atoms with van der Waals surface area (Å²) in [5, 5.41) is 6.17. The molecule has 0 spiro atoms. The number of pyridine rings is 1. The maximum absolute atomic E-state index is 12.2. The van der Waals surface area contributed by atoms with Crippen molar-refractivity contribution >= 4 is 11.6 Å². The summed E-state index contributed by atoms with van der Waals surface area (Å²) in [6.45, 7) is 5.57. The molecular weight excluding hydrogens is 290 g/mol. The van der Waals surface area contributed by atoms with Gasteiger partial charge < -0.3 is 15.4 Å². The molecule has 0 saturated carbocycles. The number of ether oxygens (including phenoxy) is 1. The first kappa shape index (κ1) is 16.8. The third-order valence-electron chi connectivity index (χ3n) is 3.33. The van der Waals surface area contributed by atoms with E-state index < -0.39 is 0 Å². The highest BCUT2D eigenvalue weighted by Gasteiger charge is 2.07. The van der Waals surface area contributed by atoms with Crippen molar-refractivity contribution in [1.29, 1.82) is 0 Å². The van der Waals surface area contributed by atoms with Crippen molar-refractivity contribution in [2.24, 2.45) is 5.92 Å². The molecule has 0 saturated heterocycles. The molecule has 122 valence electrons. The Morgan fingerprint density at radius 2 is 1.96 bits per heavy atom. The zero-order chi connectivity index (χ0) is 16.7. The molecule has 1 heterocycles. The molecule has 0 radical (unpaired) electrons. The van der Waals surface area contributed by atoms with Crippen LogP contribution in [0.1, 0.15) is 29.8 Å². The van der Waals surface area contributed by atoms with Crippen LogP contribution in [-0.4, -0.2) is 24.5 Å². The highest BCUT2D eigenvalue weighted by Crippen LogP contribution is 2.12. The third-order valence-corrected chi connectivity index (χ3v) is 3.33. The Hall–Kier alpha value is -2.56. The zero-order valence-corrected chi connectivity index (χ0v) is 13.8. The van der Waals surface area contributed by atoms with Gasteiger partial charge in [0.25, 0.3) is 5.91 Å². The zero-order valence-electron chi connectivity index (χ0n) is 13.8. The second kappa shape index (κ2) is 8.17. The van der Waals surface area contributed by atoms with Crippen molar-refractivity contribution in [1.82, 2.24) is 10.3 Å². The highest BCUT2D eigenvalue weighted by molar-refractivity contribution is 5.94. The van der Waals surface area contributed by atoms with E-state index in [-0.39, 0.29) is 5.91 Å². The maximum Gasteiger partial charge on any atom is 0.253 e. The fourth-order valence-electron chi connectivity index (χ4n) is 2.01. The van der Waals surface area contributed by atoms with Crippen LogP contribution in [0.25, 0.3) is 0 Å². The first-order chi connectivity index (χ1) is 11.1. The van der Waals surface area contributed by atoms with E-state index in [1.807, 2.05) is 30.3 Å². The largest absolute Gasteiger partial charge is 0.497 e. The van der Waals surface area contributed by atoms with Gasteiger partial charge in [0.1, 0.15) is 5.75 Å². The van der Waals surface area contributed by atoms with Gasteiger partial charge in [-0.2, -0.15) is 0 Å². The lowest BCUT2D eigenvalue weighted by Crippen LogP contribution is -2.23. The van der Waals surface area contributed by atoms with Crippen LogP contribution in [0.4, 0.5) is 5.69 Å². The van der Waals surface area contributed by atoms with Gasteiger partial charge in [0, 0.05) is 25.5 Å². The van der Waals surface area contributed by atoms with E-state index in [1.165, 1.54) is 0 Å². The molecule has 2 rings (SSSR count).